The van der Waals surface area contributed by atoms with Crippen molar-refractivity contribution in [1.82, 2.24) is 14.9 Å². The van der Waals surface area contributed by atoms with Gasteiger partial charge in [-0.2, -0.15) is 0 Å². The standard InChI is InChI=1S/C26H31N5O2/c27-20-10-11-21(22(16-20)30-13-6-1-2-7-14-30)25-29-24(23-17-28-12-15-31(23)25)26(32)33-18-19-8-4-3-5-9-19/h3-5,8-11,16,28H,1-2,6-7,12-15,17-18,27H2. The van der Waals surface area contributed by atoms with E-state index in [0.29, 0.717) is 12.2 Å². The van der Waals surface area contributed by atoms with E-state index in [-0.39, 0.29) is 12.6 Å². The van der Waals surface area contributed by atoms with Gasteiger partial charge in [0, 0.05) is 49.7 Å². The summed E-state index contributed by atoms with van der Waals surface area (Å²) in [7, 11) is 0. The first-order valence-electron chi connectivity index (χ1n) is 11.9. The molecule has 1 saturated heterocycles. The molecule has 0 unspecified atom stereocenters. The molecule has 1 fully saturated rings. The van der Waals surface area contributed by atoms with Crippen molar-refractivity contribution in [3.63, 3.8) is 0 Å². The van der Waals surface area contributed by atoms with Crippen molar-refractivity contribution >= 4 is 17.3 Å². The minimum Gasteiger partial charge on any atom is -0.456 e. The first kappa shape index (κ1) is 21.5. The van der Waals surface area contributed by atoms with Crippen molar-refractivity contribution in [3.8, 4) is 11.4 Å². The largest absolute Gasteiger partial charge is 0.456 e. The molecule has 1 aromatic heterocycles. The summed E-state index contributed by atoms with van der Waals surface area (Å²) >= 11 is 0. The van der Waals surface area contributed by atoms with Crippen LogP contribution in [-0.4, -0.2) is 35.2 Å². The summed E-state index contributed by atoms with van der Waals surface area (Å²) in [6.45, 7) is 4.44. The lowest BCUT2D eigenvalue weighted by atomic mass is 10.1. The number of rotatable bonds is 5. The summed E-state index contributed by atoms with van der Waals surface area (Å²) in [6, 6.07) is 15.7. The quantitative estimate of drug-likeness (QED) is 0.457. The Morgan fingerprint density at radius 1 is 1.03 bits per heavy atom. The van der Waals surface area contributed by atoms with Crippen molar-refractivity contribution in [1.29, 1.82) is 0 Å². The van der Waals surface area contributed by atoms with Crippen LogP contribution in [0.1, 0.15) is 47.4 Å². The molecule has 0 radical (unpaired) electrons. The van der Waals surface area contributed by atoms with E-state index in [1.807, 2.05) is 42.5 Å². The molecule has 0 saturated carbocycles. The first-order chi connectivity index (χ1) is 16.2. The Morgan fingerprint density at radius 3 is 2.61 bits per heavy atom. The van der Waals surface area contributed by atoms with Crippen LogP contribution in [0.5, 0.6) is 0 Å². The van der Waals surface area contributed by atoms with E-state index in [0.717, 1.165) is 60.2 Å². The predicted octanol–water partition coefficient (Wildman–Crippen LogP) is 3.97. The molecule has 7 nitrogen and oxygen atoms in total. The van der Waals surface area contributed by atoms with Crippen LogP contribution in [0.25, 0.3) is 11.4 Å². The molecule has 3 aromatic rings. The average Bonchev–Trinajstić information content (AvgIpc) is 3.02. The van der Waals surface area contributed by atoms with Gasteiger partial charge in [0.15, 0.2) is 5.69 Å². The summed E-state index contributed by atoms with van der Waals surface area (Å²) < 4.78 is 7.81. The van der Waals surface area contributed by atoms with Crippen molar-refractivity contribution < 1.29 is 9.53 Å². The number of benzene rings is 2. The Hall–Kier alpha value is -3.32. The lowest BCUT2D eigenvalue weighted by Gasteiger charge is -2.26. The number of ether oxygens (including phenoxy) is 1. The fourth-order valence-corrected chi connectivity index (χ4v) is 4.78. The van der Waals surface area contributed by atoms with E-state index < -0.39 is 0 Å². The lowest BCUT2D eigenvalue weighted by molar-refractivity contribution is 0.0464. The average molecular weight is 446 g/mol. The molecule has 0 amide bonds. The third-order valence-electron chi connectivity index (χ3n) is 6.49. The van der Waals surface area contributed by atoms with Crippen LogP contribution >= 0.6 is 0 Å². The van der Waals surface area contributed by atoms with Gasteiger partial charge in [0.05, 0.1) is 5.69 Å². The van der Waals surface area contributed by atoms with Gasteiger partial charge in [-0.25, -0.2) is 9.78 Å². The van der Waals surface area contributed by atoms with Gasteiger partial charge in [-0.15, -0.1) is 0 Å². The third kappa shape index (κ3) is 4.59. The summed E-state index contributed by atoms with van der Waals surface area (Å²) in [4.78, 5) is 20.4. The van der Waals surface area contributed by atoms with Gasteiger partial charge < -0.3 is 25.3 Å². The van der Waals surface area contributed by atoms with Gasteiger partial charge in [0.1, 0.15) is 12.4 Å². The van der Waals surface area contributed by atoms with Crippen LogP contribution in [0.2, 0.25) is 0 Å². The number of carbonyl (C=O) groups is 1. The van der Waals surface area contributed by atoms with Crippen LogP contribution in [-0.2, 0) is 24.4 Å². The Labute approximate surface area is 194 Å². The molecule has 3 N–H and O–H groups in total. The van der Waals surface area contributed by atoms with Gasteiger partial charge in [0.25, 0.3) is 0 Å². The Kier molecular flexibility index (Phi) is 6.30. The molecular formula is C26H31N5O2. The van der Waals surface area contributed by atoms with Crippen LogP contribution in [0.3, 0.4) is 0 Å². The number of nitrogens with zero attached hydrogens (tertiary/aromatic N) is 3. The second-order valence-electron chi connectivity index (χ2n) is 8.80. The number of fused-ring (bicyclic) bond motifs is 1. The number of carbonyl (C=O) groups excluding carboxylic acids is 1. The smallest absolute Gasteiger partial charge is 0.359 e. The molecule has 7 heteroatoms. The number of imidazole rings is 1. The van der Waals surface area contributed by atoms with Gasteiger partial charge in [-0.05, 0) is 36.6 Å². The van der Waals surface area contributed by atoms with E-state index in [9.17, 15) is 4.79 Å². The van der Waals surface area contributed by atoms with E-state index in [4.69, 9.17) is 15.5 Å². The molecule has 2 aliphatic rings. The highest BCUT2D eigenvalue weighted by molar-refractivity contribution is 5.90. The number of aromatic nitrogens is 2. The summed E-state index contributed by atoms with van der Waals surface area (Å²) in [5.41, 5.74) is 11.3. The molecule has 3 heterocycles. The molecule has 33 heavy (non-hydrogen) atoms. The SMILES string of the molecule is Nc1ccc(-c2nc(C(=O)OCc3ccccc3)c3n2CCNC3)c(N2CCCCCC2)c1. The lowest BCUT2D eigenvalue weighted by Crippen LogP contribution is -2.29. The molecule has 0 bridgehead atoms. The van der Waals surface area contributed by atoms with Crippen LogP contribution in [0.4, 0.5) is 11.4 Å². The Balaban J connectivity index is 1.50. The van der Waals surface area contributed by atoms with Crippen LogP contribution in [0, 0.1) is 0 Å². The molecule has 0 atom stereocenters. The second-order valence-corrected chi connectivity index (χ2v) is 8.80. The molecule has 0 aliphatic carbocycles. The number of hydrogen-bond acceptors (Lipinski definition) is 6. The number of esters is 1. The zero-order chi connectivity index (χ0) is 22.6. The zero-order valence-corrected chi connectivity index (χ0v) is 18.9. The van der Waals surface area contributed by atoms with E-state index in [1.54, 1.807) is 0 Å². The highest BCUT2D eigenvalue weighted by Crippen LogP contribution is 2.35. The number of nitrogen functional groups attached to an aromatic ring is 1. The molecule has 5 rings (SSSR count). The van der Waals surface area contributed by atoms with E-state index in [1.165, 1.54) is 25.7 Å². The minimum absolute atomic E-state index is 0.232. The topological polar surface area (TPSA) is 85.4 Å². The number of nitrogens with one attached hydrogen (secondary N) is 1. The second kappa shape index (κ2) is 9.67. The highest BCUT2D eigenvalue weighted by atomic mass is 16.5. The molecule has 172 valence electrons. The van der Waals surface area contributed by atoms with Crippen molar-refractivity contribution in [2.24, 2.45) is 0 Å². The van der Waals surface area contributed by atoms with Gasteiger partial charge in [0.2, 0.25) is 0 Å². The van der Waals surface area contributed by atoms with Crippen molar-refractivity contribution in [3.05, 3.63) is 65.5 Å². The van der Waals surface area contributed by atoms with Crippen LogP contribution in [0.15, 0.2) is 48.5 Å². The highest BCUT2D eigenvalue weighted by Gasteiger charge is 2.28. The maximum atomic E-state index is 13.1. The van der Waals surface area contributed by atoms with Gasteiger partial charge in [-0.3, -0.25) is 0 Å². The number of hydrogen-bond donors (Lipinski definition) is 2. The summed E-state index contributed by atoms with van der Waals surface area (Å²) in [6.07, 6.45) is 4.87. The first-order valence-corrected chi connectivity index (χ1v) is 11.9. The maximum absolute atomic E-state index is 13.1. The molecular weight excluding hydrogens is 414 g/mol. The van der Waals surface area contributed by atoms with Gasteiger partial charge in [-0.1, -0.05) is 43.2 Å². The predicted molar refractivity (Wildman–Crippen MR) is 130 cm³/mol. The van der Waals surface area contributed by atoms with Crippen molar-refractivity contribution in [2.45, 2.75) is 45.4 Å². The monoisotopic (exact) mass is 445 g/mol. The van der Waals surface area contributed by atoms with E-state index >= 15 is 0 Å². The fraction of sp³-hybridized carbons (Fsp3) is 0.385. The van der Waals surface area contributed by atoms with Crippen molar-refractivity contribution in [2.75, 3.05) is 30.3 Å². The number of anilines is 2. The normalized spacial score (nSPS) is 16.2. The van der Waals surface area contributed by atoms with Gasteiger partial charge >= 0.3 is 5.97 Å². The molecule has 2 aromatic carbocycles. The van der Waals surface area contributed by atoms with Crippen LogP contribution < -0.4 is 16.0 Å². The molecule has 2 aliphatic heterocycles. The molecule has 0 spiro atoms. The Bertz CT molecular complexity index is 1120. The summed E-state index contributed by atoms with van der Waals surface area (Å²) in [5.74, 6) is 0.432. The number of nitrogens with two attached hydrogens (primary N) is 1. The maximum Gasteiger partial charge on any atom is 0.359 e. The zero-order valence-electron chi connectivity index (χ0n) is 18.9. The van der Waals surface area contributed by atoms with E-state index in [2.05, 4.69) is 20.9 Å². The Morgan fingerprint density at radius 2 is 1.82 bits per heavy atom. The summed E-state index contributed by atoms with van der Waals surface area (Å²) in [5, 5.41) is 3.37. The fourth-order valence-electron chi connectivity index (χ4n) is 4.78. The third-order valence-corrected chi connectivity index (χ3v) is 6.49. The minimum atomic E-state index is -0.385.